The molecule has 9 heavy (non-hydrogen) atoms. The highest BCUT2D eigenvalue weighted by Gasteiger charge is 2.50. The second-order valence-corrected chi connectivity index (χ2v) is 1.72. The van der Waals surface area contributed by atoms with Crippen LogP contribution in [0.25, 0.3) is 0 Å². The zero-order valence-corrected chi connectivity index (χ0v) is 4.23. The molecule has 1 saturated heterocycles. The van der Waals surface area contributed by atoms with Crippen molar-refractivity contribution >= 4 is 5.97 Å². The summed E-state index contributed by atoms with van der Waals surface area (Å²) in [4.78, 5) is 9.83. The fraction of sp³-hybridized carbons (Fsp3) is 0.750. The average molecular weight is 140 g/mol. The summed E-state index contributed by atoms with van der Waals surface area (Å²) in [7, 11) is 0. The lowest BCUT2D eigenvalue weighted by Crippen LogP contribution is -2.44. The van der Waals surface area contributed by atoms with Crippen molar-refractivity contribution in [3.05, 3.63) is 0 Å². The molecule has 1 aliphatic heterocycles. The third-order valence-corrected chi connectivity index (χ3v) is 0.991. The molecule has 0 aromatic carbocycles. The normalized spacial score (nSPS) is 27.0. The van der Waals surface area contributed by atoms with E-state index in [-0.39, 0.29) is 0 Å². The summed E-state index contributed by atoms with van der Waals surface area (Å²) in [6.45, 7) is 0. The van der Waals surface area contributed by atoms with Crippen LogP contribution in [-0.4, -0.2) is 18.2 Å². The Hall–Kier alpha value is -0.740. The first-order valence-electron chi connectivity index (χ1n) is 2.26. The number of carbonyl (C=O) groups excluding carboxylic acids is 1. The first-order valence-corrected chi connectivity index (χ1v) is 2.26. The van der Waals surface area contributed by atoms with Crippen molar-refractivity contribution < 1.29 is 22.7 Å². The Kier molecular flexibility index (Phi) is 1.15. The molecule has 0 aromatic heterocycles. The van der Waals surface area contributed by atoms with Crippen LogP contribution in [0.5, 0.6) is 0 Å². The maximum absolute atomic E-state index is 11.4. The zero-order chi connectivity index (χ0) is 7.07. The number of ether oxygens (including phenoxy) is 1. The van der Waals surface area contributed by atoms with Gasteiger partial charge in [-0.3, -0.25) is 4.79 Å². The van der Waals surface area contributed by atoms with Gasteiger partial charge >= 0.3 is 12.1 Å². The van der Waals surface area contributed by atoms with Crippen molar-refractivity contribution in [1.82, 2.24) is 0 Å². The molecule has 0 radical (unpaired) electrons. The summed E-state index contributed by atoms with van der Waals surface area (Å²) in [5.74, 6) is -0.780. The van der Waals surface area contributed by atoms with Crippen LogP contribution in [0.2, 0.25) is 0 Å². The van der Waals surface area contributed by atoms with Crippen molar-refractivity contribution in [2.75, 3.05) is 0 Å². The molecule has 1 aliphatic rings. The molecule has 0 amide bonds. The van der Waals surface area contributed by atoms with Crippen LogP contribution in [0, 0.1) is 0 Å². The third kappa shape index (κ3) is 1.14. The van der Waals surface area contributed by atoms with Gasteiger partial charge in [0.25, 0.3) is 0 Å². The van der Waals surface area contributed by atoms with Crippen LogP contribution in [0.15, 0.2) is 0 Å². The minimum Gasteiger partial charge on any atom is -0.452 e. The van der Waals surface area contributed by atoms with E-state index in [1.807, 2.05) is 0 Å². The topological polar surface area (TPSA) is 26.3 Å². The fourth-order valence-electron chi connectivity index (χ4n) is 0.483. The van der Waals surface area contributed by atoms with Crippen molar-refractivity contribution in [3.8, 4) is 0 Å². The molecule has 0 aliphatic carbocycles. The van der Waals surface area contributed by atoms with Gasteiger partial charge in [-0.1, -0.05) is 0 Å². The van der Waals surface area contributed by atoms with Gasteiger partial charge in [0.05, 0.1) is 6.42 Å². The van der Waals surface area contributed by atoms with E-state index in [4.69, 9.17) is 0 Å². The number of carbonyl (C=O) groups is 1. The smallest absolute Gasteiger partial charge is 0.426 e. The summed E-state index contributed by atoms with van der Waals surface area (Å²) in [5, 5.41) is 0. The molecule has 5 heteroatoms. The molecule has 0 spiro atoms. The Bertz CT molecular complexity index is 131. The average Bonchev–Trinajstić information content (AvgIpc) is 1.55. The standard InChI is InChI=1S/C4H3F3O2/c5-4(6,7)2-1-3(8)9-2/h2H,1H2. The molecule has 1 heterocycles. The summed E-state index contributed by atoms with van der Waals surface area (Å²) < 4.78 is 37.9. The van der Waals surface area contributed by atoms with E-state index in [1.165, 1.54) is 0 Å². The van der Waals surface area contributed by atoms with Crippen LogP contribution in [0.1, 0.15) is 6.42 Å². The molecular formula is C4H3F3O2. The van der Waals surface area contributed by atoms with E-state index < -0.39 is 24.7 Å². The van der Waals surface area contributed by atoms with Gasteiger partial charge < -0.3 is 4.74 Å². The van der Waals surface area contributed by atoms with E-state index >= 15 is 0 Å². The van der Waals surface area contributed by atoms with E-state index in [9.17, 15) is 18.0 Å². The van der Waals surface area contributed by atoms with Crippen LogP contribution in [0.4, 0.5) is 13.2 Å². The number of hydrogen-bond acceptors (Lipinski definition) is 2. The first kappa shape index (κ1) is 6.38. The number of alkyl halides is 3. The number of cyclic esters (lactones) is 1. The lowest BCUT2D eigenvalue weighted by molar-refractivity contribution is -0.250. The molecule has 1 fully saturated rings. The summed E-state index contributed by atoms with van der Waals surface area (Å²) in [6.07, 6.45) is -6.73. The van der Waals surface area contributed by atoms with Gasteiger partial charge in [0.1, 0.15) is 0 Å². The Labute approximate surface area is 48.6 Å². The first-order chi connectivity index (χ1) is 4.00. The fourth-order valence-corrected chi connectivity index (χ4v) is 0.483. The summed E-state index contributed by atoms with van der Waals surface area (Å²) >= 11 is 0. The van der Waals surface area contributed by atoms with Crippen molar-refractivity contribution in [2.45, 2.75) is 18.7 Å². The van der Waals surface area contributed by atoms with Crippen LogP contribution < -0.4 is 0 Å². The highest BCUT2D eigenvalue weighted by atomic mass is 19.4. The van der Waals surface area contributed by atoms with Gasteiger partial charge in [-0.2, -0.15) is 13.2 Å². The Morgan fingerprint density at radius 1 is 1.56 bits per heavy atom. The maximum atomic E-state index is 11.4. The quantitative estimate of drug-likeness (QED) is 0.466. The molecule has 1 atom stereocenters. The number of rotatable bonds is 0. The lowest BCUT2D eigenvalue weighted by atomic mass is 10.2. The summed E-state index contributed by atoms with van der Waals surface area (Å²) in [6, 6.07) is 0. The predicted molar refractivity (Wildman–Crippen MR) is 20.6 cm³/mol. The number of hydrogen-bond donors (Lipinski definition) is 0. The Balaban J connectivity index is 2.40. The van der Waals surface area contributed by atoms with Crippen LogP contribution in [-0.2, 0) is 9.53 Å². The minimum absolute atomic E-state index is 0.524. The molecule has 1 unspecified atom stereocenters. The van der Waals surface area contributed by atoms with E-state index in [0.29, 0.717) is 0 Å². The maximum Gasteiger partial charge on any atom is 0.426 e. The largest absolute Gasteiger partial charge is 0.452 e. The van der Waals surface area contributed by atoms with Crippen molar-refractivity contribution in [3.63, 3.8) is 0 Å². The molecule has 0 saturated carbocycles. The molecule has 0 N–H and O–H groups in total. The number of esters is 1. The second-order valence-electron chi connectivity index (χ2n) is 1.72. The Morgan fingerprint density at radius 2 is 2.00 bits per heavy atom. The zero-order valence-electron chi connectivity index (χ0n) is 4.23. The highest BCUT2D eigenvalue weighted by Crippen LogP contribution is 2.31. The molecular weight excluding hydrogens is 137 g/mol. The lowest BCUT2D eigenvalue weighted by Gasteiger charge is -2.26. The number of halogens is 3. The SMILES string of the molecule is O=C1CC(C(F)(F)F)O1. The monoisotopic (exact) mass is 140 g/mol. The Morgan fingerprint density at radius 3 is 2.11 bits per heavy atom. The van der Waals surface area contributed by atoms with Gasteiger partial charge in [0.15, 0.2) is 0 Å². The molecule has 1 rings (SSSR count). The van der Waals surface area contributed by atoms with E-state index in [0.717, 1.165) is 0 Å². The van der Waals surface area contributed by atoms with Crippen molar-refractivity contribution in [1.29, 1.82) is 0 Å². The second kappa shape index (κ2) is 1.62. The van der Waals surface area contributed by atoms with Gasteiger partial charge in [0, 0.05) is 0 Å². The van der Waals surface area contributed by atoms with E-state index in [1.54, 1.807) is 0 Å². The molecule has 0 bridgehead atoms. The highest BCUT2D eigenvalue weighted by molar-refractivity contribution is 5.75. The van der Waals surface area contributed by atoms with Gasteiger partial charge in [0.2, 0.25) is 6.10 Å². The molecule has 2 nitrogen and oxygen atoms in total. The molecule has 52 valence electrons. The minimum atomic E-state index is -4.37. The van der Waals surface area contributed by atoms with Crippen molar-refractivity contribution in [2.24, 2.45) is 0 Å². The van der Waals surface area contributed by atoms with Crippen LogP contribution >= 0.6 is 0 Å². The van der Waals surface area contributed by atoms with Crippen LogP contribution in [0.3, 0.4) is 0 Å². The van der Waals surface area contributed by atoms with Gasteiger partial charge in [-0.05, 0) is 0 Å². The summed E-state index contributed by atoms with van der Waals surface area (Å²) in [5.41, 5.74) is 0. The molecule has 0 aromatic rings. The van der Waals surface area contributed by atoms with E-state index in [2.05, 4.69) is 4.74 Å². The third-order valence-electron chi connectivity index (χ3n) is 0.991. The predicted octanol–water partition coefficient (Wildman–Crippen LogP) is 0.864. The van der Waals surface area contributed by atoms with Gasteiger partial charge in [-0.15, -0.1) is 0 Å². The van der Waals surface area contributed by atoms with Gasteiger partial charge in [-0.25, -0.2) is 0 Å².